The van der Waals surface area contributed by atoms with Gasteiger partial charge in [-0.2, -0.15) is 0 Å². The maximum atomic E-state index is 13.7. The van der Waals surface area contributed by atoms with Gasteiger partial charge in [0.25, 0.3) is 0 Å². The normalized spacial score (nSPS) is 21.1. The van der Waals surface area contributed by atoms with Gasteiger partial charge >= 0.3 is 5.97 Å². The Morgan fingerprint density at radius 3 is 2.71 bits per heavy atom. The topological polar surface area (TPSA) is 60.9 Å². The molecule has 0 radical (unpaired) electrons. The van der Waals surface area contributed by atoms with E-state index in [1.165, 1.54) is 6.07 Å². The molecule has 1 heterocycles. The second kappa shape index (κ2) is 7.75. The Hall–Kier alpha value is -1.95. The molecule has 5 nitrogen and oxygen atoms in total. The quantitative estimate of drug-likeness (QED) is 0.866. The zero-order valence-corrected chi connectivity index (χ0v) is 14.3. The van der Waals surface area contributed by atoms with Gasteiger partial charge in [0.15, 0.2) is 0 Å². The van der Waals surface area contributed by atoms with E-state index in [2.05, 4.69) is 0 Å². The fourth-order valence-electron chi connectivity index (χ4n) is 3.26. The van der Waals surface area contributed by atoms with E-state index >= 15 is 0 Å². The number of carboxylic acids is 1. The zero-order valence-electron chi connectivity index (χ0n) is 14.3. The second-order valence-corrected chi connectivity index (χ2v) is 6.62. The van der Waals surface area contributed by atoms with Gasteiger partial charge in [0.1, 0.15) is 5.82 Å². The second-order valence-electron chi connectivity index (χ2n) is 6.62. The third-order valence-electron chi connectivity index (χ3n) is 4.86. The summed E-state index contributed by atoms with van der Waals surface area (Å²) < 4.78 is 13.7. The number of rotatable bonds is 6. The lowest BCUT2D eigenvalue weighted by molar-refractivity contribution is -0.155. The minimum Gasteiger partial charge on any atom is -0.481 e. The predicted octanol–water partition coefficient (Wildman–Crippen LogP) is 2.36. The fourth-order valence-corrected chi connectivity index (χ4v) is 3.26. The summed E-state index contributed by atoms with van der Waals surface area (Å²) in [6.07, 6.45) is 1.81. The Morgan fingerprint density at radius 2 is 2.08 bits per heavy atom. The highest BCUT2D eigenvalue weighted by Gasteiger charge is 2.42. The van der Waals surface area contributed by atoms with E-state index in [-0.39, 0.29) is 24.8 Å². The molecule has 1 atom stereocenters. The molecule has 0 saturated carbocycles. The summed E-state index contributed by atoms with van der Waals surface area (Å²) in [7, 11) is 1.76. The van der Waals surface area contributed by atoms with Crippen molar-refractivity contribution < 1.29 is 19.1 Å². The number of carboxylic acid groups (broad SMARTS) is 1. The number of likely N-dealkylation sites (tertiary alicyclic amines) is 1. The molecule has 6 heteroatoms. The lowest BCUT2D eigenvalue weighted by atomic mass is 9.77. The summed E-state index contributed by atoms with van der Waals surface area (Å²) in [5.41, 5.74) is -0.294. The average Bonchev–Trinajstić information content (AvgIpc) is 2.56. The molecule has 1 aromatic rings. The van der Waals surface area contributed by atoms with Crippen molar-refractivity contribution in [3.63, 3.8) is 0 Å². The third-order valence-corrected chi connectivity index (χ3v) is 4.86. The molecule has 0 bridgehead atoms. The largest absolute Gasteiger partial charge is 0.481 e. The lowest BCUT2D eigenvalue weighted by Crippen LogP contribution is -2.51. The molecule has 1 aliphatic rings. The number of carbonyl (C=O) groups is 2. The molecule has 0 aromatic heterocycles. The van der Waals surface area contributed by atoms with Gasteiger partial charge in [0, 0.05) is 25.2 Å². The first-order valence-electron chi connectivity index (χ1n) is 8.31. The van der Waals surface area contributed by atoms with Crippen molar-refractivity contribution in [3.05, 3.63) is 35.6 Å². The highest BCUT2D eigenvalue weighted by molar-refractivity contribution is 5.81. The van der Waals surface area contributed by atoms with Crippen molar-refractivity contribution in [2.75, 3.05) is 26.7 Å². The fraction of sp³-hybridized carbons (Fsp3) is 0.556. The number of hydrogen-bond donors (Lipinski definition) is 1. The number of aliphatic carboxylic acids is 1. The number of nitrogens with zero attached hydrogens (tertiary/aromatic N) is 2. The van der Waals surface area contributed by atoms with E-state index in [1.54, 1.807) is 35.0 Å². The van der Waals surface area contributed by atoms with Gasteiger partial charge in [-0.05, 0) is 32.4 Å². The number of piperidine rings is 1. The van der Waals surface area contributed by atoms with Crippen molar-refractivity contribution in [1.29, 1.82) is 0 Å². The smallest absolute Gasteiger partial charge is 0.311 e. The van der Waals surface area contributed by atoms with Crippen molar-refractivity contribution in [2.24, 2.45) is 5.41 Å². The number of hydrogen-bond acceptors (Lipinski definition) is 3. The number of halogens is 1. The first-order valence-corrected chi connectivity index (χ1v) is 8.31. The zero-order chi connectivity index (χ0) is 17.7. The van der Waals surface area contributed by atoms with Gasteiger partial charge in [0.2, 0.25) is 5.91 Å². The number of carbonyl (C=O) groups excluding carboxylic acids is 1. The Labute approximate surface area is 142 Å². The van der Waals surface area contributed by atoms with Gasteiger partial charge in [-0.1, -0.05) is 25.1 Å². The van der Waals surface area contributed by atoms with Gasteiger partial charge in [-0.3, -0.25) is 14.5 Å². The third kappa shape index (κ3) is 4.12. The van der Waals surface area contributed by atoms with Crippen LogP contribution in [0.2, 0.25) is 0 Å². The van der Waals surface area contributed by atoms with Gasteiger partial charge < -0.3 is 10.0 Å². The highest BCUT2D eigenvalue weighted by atomic mass is 19.1. The van der Waals surface area contributed by atoms with Gasteiger partial charge in [0.05, 0.1) is 12.0 Å². The Bertz CT molecular complexity index is 608. The molecule has 0 unspecified atom stereocenters. The van der Waals surface area contributed by atoms with Crippen LogP contribution < -0.4 is 0 Å². The van der Waals surface area contributed by atoms with Crippen LogP contribution in [-0.2, 0) is 16.1 Å². The molecule has 0 aliphatic carbocycles. The summed E-state index contributed by atoms with van der Waals surface area (Å²) >= 11 is 0. The summed E-state index contributed by atoms with van der Waals surface area (Å²) in [5.74, 6) is -1.22. The molecule has 1 aliphatic heterocycles. The standard InChI is InChI=1S/C18H25FN2O3/c1-3-18(17(23)24)9-6-10-21(13-18)16(22)12-20(2)11-14-7-4-5-8-15(14)19/h4-5,7-8H,3,6,9-13H2,1-2H3,(H,23,24)/t18-/m1/s1. The van der Waals surface area contributed by atoms with Crippen LogP contribution in [0.5, 0.6) is 0 Å². The lowest BCUT2D eigenvalue weighted by Gasteiger charge is -2.39. The van der Waals surface area contributed by atoms with E-state index in [0.717, 1.165) is 0 Å². The molecule has 1 aromatic carbocycles. The Kier molecular flexibility index (Phi) is 5.94. The van der Waals surface area contributed by atoms with Crippen LogP contribution in [0.15, 0.2) is 24.3 Å². The SMILES string of the molecule is CC[C@@]1(C(=O)O)CCCN(C(=O)CN(C)Cc2ccccc2F)C1. The average molecular weight is 336 g/mol. The van der Waals surface area contributed by atoms with Crippen LogP contribution in [0, 0.1) is 11.2 Å². The monoisotopic (exact) mass is 336 g/mol. The van der Waals surface area contributed by atoms with Crippen LogP contribution in [0.1, 0.15) is 31.7 Å². The molecule has 2 rings (SSSR count). The molecule has 1 fully saturated rings. The summed E-state index contributed by atoms with van der Waals surface area (Å²) in [6.45, 7) is 3.18. The molecular weight excluding hydrogens is 311 g/mol. The van der Waals surface area contributed by atoms with Crippen LogP contribution in [0.4, 0.5) is 4.39 Å². The maximum absolute atomic E-state index is 13.7. The Morgan fingerprint density at radius 1 is 1.38 bits per heavy atom. The molecule has 0 spiro atoms. The van der Waals surface area contributed by atoms with Crippen molar-refractivity contribution in [1.82, 2.24) is 9.80 Å². The Balaban J connectivity index is 1.96. The minimum absolute atomic E-state index is 0.104. The first kappa shape index (κ1) is 18.4. The van der Waals surface area contributed by atoms with E-state index in [4.69, 9.17) is 0 Å². The van der Waals surface area contributed by atoms with Gasteiger partial charge in [-0.15, -0.1) is 0 Å². The summed E-state index contributed by atoms with van der Waals surface area (Å²) in [6, 6.07) is 6.50. The molecule has 132 valence electrons. The summed E-state index contributed by atoms with van der Waals surface area (Å²) in [5, 5.41) is 9.51. The highest BCUT2D eigenvalue weighted by Crippen LogP contribution is 2.33. The van der Waals surface area contributed by atoms with Crippen LogP contribution in [0.25, 0.3) is 0 Å². The molecule has 1 N–H and O–H groups in total. The minimum atomic E-state index is -0.835. The maximum Gasteiger partial charge on any atom is 0.311 e. The van der Waals surface area contributed by atoms with E-state index < -0.39 is 11.4 Å². The van der Waals surface area contributed by atoms with Crippen molar-refractivity contribution >= 4 is 11.9 Å². The first-order chi connectivity index (χ1) is 11.4. The van der Waals surface area contributed by atoms with Crippen molar-refractivity contribution in [3.8, 4) is 0 Å². The number of benzene rings is 1. The van der Waals surface area contributed by atoms with Crippen LogP contribution in [0.3, 0.4) is 0 Å². The van der Waals surface area contributed by atoms with Gasteiger partial charge in [-0.25, -0.2) is 4.39 Å². The van der Waals surface area contributed by atoms with Crippen LogP contribution >= 0.6 is 0 Å². The predicted molar refractivity (Wildman–Crippen MR) is 88.9 cm³/mol. The molecule has 24 heavy (non-hydrogen) atoms. The molecule has 1 amide bonds. The van der Waals surface area contributed by atoms with Crippen molar-refractivity contribution in [2.45, 2.75) is 32.7 Å². The molecule has 1 saturated heterocycles. The van der Waals surface area contributed by atoms with E-state index in [9.17, 15) is 19.1 Å². The van der Waals surface area contributed by atoms with E-state index in [1.807, 2.05) is 6.92 Å². The van der Waals surface area contributed by atoms with Crippen LogP contribution in [-0.4, -0.2) is 53.5 Å². The number of likely N-dealkylation sites (N-methyl/N-ethyl adjacent to an activating group) is 1. The van der Waals surface area contributed by atoms with E-state index in [0.29, 0.717) is 37.9 Å². The summed E-state index contributed by atoms with van der Waals surface area (Å²) in [4.78, 5) is 27.5. The number of amides is 1. The molecular formula is C18H25FN2O3.